The van der Waals surface area contributed by atoms with Crippen molar-refractivity contribution in [2.45, 2.75) is 64.5 Å². The van der Waals surface area contributed by atoms with E-state index in [2.05, 4.69) is 23.8 Å². The quantitative estimate of drug-likeness (QED) is 0.337. The smallest absolute Gasteiger partial charge is 0.180 e. The van der Waals surface area contributed by atoms with Crippen molar-refractivity contribution in [2.24, 2.45) is 0 Å². The van der Waals surface area contributed by atoms with Crippen molar-refractivity contribution in [2.75, 3.05) is 0 Å². The Kier molecular flexibility index (Phi) is 4.87. The van der Waals surface area contributed by atoms with Crippen molar-refractivity contribution >= 4 is 21.4 Å². The average molecular weight is 519 g/mol. The molecule has 2 heterocycles. The molecule has 0 spiro atoms. The second-order valence-corrected chi connectivity index (χ2v) is 11.4. The van der Waals surface area contributed by atoms with Gasteiger partial charge in [-0.2, -0.15) is 0 Å². The highest BCUT2D eigenvalue weighted by molar-refractivity contribution is 7.92. The zero-order valence-electron chi connectivity index (χ0n) is 28.0. The van der Waals surface area contributed by atoms with Crippen LogP contribution in [0.1, 0.15) is 101 Å². The number of nitrogens with zero attached hydrogens (tertiary/aromatic N) is 2. The predicted octanol–water partition coefficient (Wildman–Crippen LogP) is 13.1. The molecular formula is C25H81ClN2O2S. The number of rotatable bonds is 5. The van der Waals surface area contributed by atoms with Crippen molar-refractivity contribution in [3.63, 3.8) is 0 Å². The van der Waals surface area contributed by atoms with Gasteiger partial charge in [0.15, 0.2) is 9.84 Å². The molecule has 0 bridgehead atoms. The first-order chi connectivity index (χ1) is 18.9. The minimum Gasteiger partial charge on any atom is -0.260 e. The molecule has 0 N–H and O–H groups in total. The van der Waals surface area contributed by atoms with Crippen molar-refractivity contribution in [1.29, 1.82) is 0 Å². The van der Waals surface area contributed by atoms with E-state index < -0.39 is 15.1 Å². The first kappa shape index (κ1) is 17.3. The van der Waals surface area contributed by atoms with Crippen LogP contribution < -0.4 is 0 Å². The molecule has 0 saturated carbocycles. The van der Waals surface area contributed by atoms with Gasteiger partial charge < -0.3 is 0 Å². The SMILES string of the molecule is [2H][2H].[2H][2H].[2H][2H].[2H][2H].[2H]c1nc(-c2cnc(C(C)C)c(C)c2)c(-c2ccc(S(=O)(=O)C(C)C)c(C)c2)c(C)c1Cl.[HH].[HH].[HH].[HH].[HH].[HH].[HH].[HH].[HH].[HH].[HH].[HH].[HH].[HH].[HH].[HH].[HH].[HH].[HH].[HH].[HH].[HH]. The van der Waals surface area contributed by atoms with E-state index in [0.717, 1.165) is 33.5 Å². The summed E-state index contributed by atoms with van der Waals surface area (Å²) in [6.07, 6.45) is 1.79. The van der Waals surface area contributed by atoms with E-state index in [1.807, 2.05) is 26.0 Å². The second-order valence-electron chi connectivity index (χ2n) is 8.54. The zero-order valence-corrected chi connectivity index (χ0v) is 20.6. The fraction of sp³-hybridized carbons (Fsp3) is 0.360. The Hall–Kier alpha value is -2.24. The van der Waals surface area contributed by atoms with Gasteiger partial charge in [-0.15, -0.1) is 0 Å². The third-order valence-corrected chi connectivity index (χ3v) is 8.22. The monoisotopic (exact) mass is 518 g/mol. The van der Waals surface area contributed by atoms with Gasteiger partial charge in [0.05, 0.1) is 22.2 Å². The highest BCUT2D eigenvalue weighted by atomic mass is 35.5. The molecule has 1 aromatic carbocycles. The number of hydrogen-bond donors (Lipinski definition) is 0. The van der Waals surface area contributed by atoms with Gasteiger partial charge in [0, 0.05) is 72.5 Å². The first-order valence-electron chi connectivity index (χ1n) is 14.8. The largest absolute Gasteiger partial charge is 0.260 e. The summed E-state index contributed by atoms with van der Waals surface area (Å²) in [5.74, 6) is 0.299. The maximum atomic E-state index is 12.7. The molecule has 0 amide bonds. The molecule has 0 radical (unpaired) electrons. The number of aryl methyl sites for hydroxylation is 2. The van der Waals surface area contributed by atoms with Gasteiger partial charge in [-0.05, 0) is 74.9 Å². The second kappa shape index (κ2) is 8.71. The molecule has 0 aliphatic rings. The summed E-state index contributed by atoms with van der Waals surface area (Å²) in [4.78, 5) is 9.47. The van der Waals surface area contributed by atoms with E-state index in [0.29, 0.717) is 22.1 Å². The summed E-state index contributed by atoms with van der Waals surface area (Å²) < 4.78 is 73.7. The van der Waals surface area contributed by atoms with E-state index in [1.54, 1.807) is 39.1 Å². The van der Waals surface area contributed by atoms with Crippen LogP contribution in [0.2, 0.25) is 5.02 Å². The summed E-state index contributed by atoms with van der Waals surface area (Å²) in [5.41, 5.74) is 6.46. The van der Waals surface area contributed by atoms with Crippen LogP contribution in [-0.4, -0.2) is 23.6 Å². The lowest BCUT2D eigenvalue weighted by molar-refractivity contribution is 0.587. The molecule has 0 aliphatic heterocycles. The Labute approximate surface area is 237 Å². The van der Waals surface area contributed by atoms with Crippen LogP contribution in [0.4, 0.5) is 0 Å². The number of sulfone groups is 1. The maximum absolute atomic E-state index is 12.7. The van der Waals surface area contributed by atoms with Crippen molar-refractivity contribution < 1.29 is 53.1 Å². The highest BCUT2D eigenvalue weighted by Crippen LogP contribution is 2.38. The number of halogens is 1. The molecule has 6 heteroatoms. The van der Waals surface area contributed by atoms with Crippen LogP contribution in [-0.2, 0) is 9.84 Å². The first-order valence-corrected chi connectivity index (χ1v) is 12.3. The van der Waals surface area contributed by atoms with E-state index in [9.17, 15) is 8.42 Å². The van der Waals surface area contributed by atoms with Crippen LogP contribution in [0.3, 0.4) is 0 Å². The van der Waals surface area contributed by atoms with Gasteiger partial charge in [-0.3, -0.25) is 9.97 Å². The summed E-state index contributed by atoms with van der Waals surface area (Å²) >= 11 is 6.41. The lowest BCUT2D eigenvalue weighted by atomic mass is 9.94. The van der Waals surface area contributed by atoms with E-state index >= 15 is 0 Å². The van der Waals surface area contributed by atoms with Crippen molar-refractivity contribution in [1.82, 2.24) is 9.97 Å². The molecule has 0 saturated heterocycles. The Morgan fingerprint density at radius 2 is 1.71 bits per heavy atom. The Bertz CT molecular complexity index is 1360. The minimum atomic E-state index is -3.39. The molecule has 31 heavy (non-hydrogen) atoms. The molecule has 0 atom stereocenters. The van der Waals surface area contributed by atoms with E-state index in [-0.39, 0.29) is 42.6 Å². The molecule has 3 aromatic rings. The Balaban J connectivity index is -0.0000000207. The fourth-order valence-electron chi connectivity index (χ4n) is 3.79. The molecule has 2 aromatic heterocycles. The number of aromatic nitrogens is 2. The summed E-state index contributed by atoms with van der Waals surface area (Å²) in [6, 6.07) is 7.33. The van der Waals surface area contributed by atoms with Gasteiger partial charge in [0.2, 0.25) is 0 Å². The van der Waals surface area contributed by atoms with Crippen LogP contribution in [0.15, 0.2) is 41.5 Å². The summed E-state index contributed by atoms with van der Waals surface area (Å²) in [5, 5.41) is -0.222. The molecule has 3 rings (SSSR count). The fourth-order valence-corrected chi connectivity index (χ4v) is 5.20. The maximum Gasteiger partial charge on any atom is 0.180 e. The van der Waals surface area contributed by atoms with E-state index in [1.165, 1.54) is 0 Å². The van der Waals surface area contributed by atoms with Crippen molar-refractivity contribution in [3.05, 3.63) is 64.0 Å². The number of hydrogen-bond acceptors (Lipinski definition) is 4. The standard InChI is InChI=1S/C25H29ClN2O2S.26H2/c1-14(2)24-17(6)11-20(12-27-24)25-23(18(7)21(26)13-28-25)19-8-9-22(16(5)10-19)31(29,30)15(3)4;;;;;;;;;;;;;;;;;;;;;;;;;;/h8-15H,1-7H3;26*1H/i13D;4*1+1D;;;;;;;;;;;;;;;;;;;;;;. The molecular weight excluding hydrogens is 428 g/mol. The molecule has 0 unspecified atom stereocenters. The molecule has 4 nitrogen and oxygen atoms in total. The molecule has 216 valence electrons. The highest BCUT2D eigenvalue weighted by Gasteiger charge is 2.23. The molecule has 0 aliphatic carbocycles. The van der Waals surface area contributed by atoms with E-state index in [4.69, 9.17) is 24.9 Å². The molecule has 0 fully saturated rings. The Morgan fingerprint density at radius 3 is 2.26 bits per heavy atom. The van der Waals surface area contributed by atoms with Crippen LogP contribution in [0.5, 0.6) is 0 Å². The van der Waals surface area contributed by atoms with Crippen LogP contribution >= 0.6 is 11.6 Å². The number of benzene rings is 1. The summed E-state index contributed by atoms with van der Waals surface area (Å²) in [7, 11) is -3.39. The lowest BCUT2D eigenvalue weighted by Crippen LogP contribution is -2.15. The van der Waals surface area contributed by atoms with Gasteiger partial charge in [-0.25, -0.2) is 8.42 Å². The van der Waals surface area contributed by atoms with Crippen LogP contribution in [0.25, 0.3) is 22.4 Å². The van der Waals surface area contributed by atoms with Gasteiger partial charge in [0.25, 0.3) is 0 Å². The van der Waals surface area contributed by atoms with Crippen molar-refractivity contribution in [3.8, 4) is 22.4 Å². The Morgan fingerprint density at radius 1 is 1.06 bits per heavy atom. The summed E-state index contributed by atoms with van der Waals surface area (Å²) in [6.45, 7) is 13.2. The predicted molar refractivity (Wildman–Crippen MR) is 183 cm³/mol. The zero-order chi connectivity index (χ0) is 32.0. The third-order valence-electron chi connectivity index (χ3n) is 5.54. The minimum absolute atomic E-state index is 0. The van der Waals surface area contributed by atoms with Gasteiger partial charge >= 0.3 is 0 Å². The van der Waals surface area contributed by atoms with Gasteiger partial charge in [-0.1, -0.05) is 37.6 Å². The van der Waals surface area contributed by atoms with Gasteiger partial charge in [0.1, 0.15) is 0 Å². The van der Waals surface area contributed by atoms with Crippen LogP contribution in [0, 0.1) is 20.8 Å². The normalized spacial score (nSPS) is 13.5. The third kappa shape index (κ3) is 4.39. The lowest BCUT2D eigenvalue weighted by Gasteiger charge is -2.17. The average Bonchev–Trinajstić information content (AvgIpc) is 2.95. The number of pyridine rings is 2. The topological polar surface area (TPSA) is 59.9 Å².